The third kappa shape index (κ3) is 3.12. The Hall–Kier alpha value is -1.23. The molecule has 0 spiro atoms. The second-order valence-corrected chi connectivity index (χ2v) is 4.82. The molecule has 0 bridgehead atoms. The van der Waals surface area contributed by atoms with Crippen LogP contribution in [0.3, 0.4) is 0 Å². The molecule has 96 valence electrons. The van der Waals surface area contributed by atoms with Gasteiger partial charge in [-0.15, -0.1) is 0 Å². The highest BCUT2D eigenvalue weighted by atomic mass is 16.5. The summed E-state index contributed by atoms with van der Waals surface area (Å²) in [5.41, 5.74) is 0. The first kappa shape index (κ1) is 12.2. The second kappa shape index (κ2) is 5.40. The molecule has 1 fully saturated rings. The van der Waals surface area contributed by atoms with Crippen molar-refractivity contribution in [2.45, 2.75) is 12.8 Å². The zero-order chi connectivity index (χ0) is 12.3. The van der Waals surface area contributed by atoms with Gasteiger partial charge in [-0.1, -0.05) is 0 Å². The minimum Gasteiger partial charge on any atom is -0.481 e. The third-order valence-electron chi connectivity index (χ3n) is 3.46. The number of hydrogen-bond acceptors (Lipinski definition) is 4. The molecule has 17 heavy (non-hydrogen) atoms. The van der Waals surface area contributed by atoms with Gasteiger partial charge in [0.15, 0.2) is 5.82 Å². The highest BCUT2D eigenvalue weighted by Crippen LogP contribution is 2.19. The van der Waals surface area contributed by atoms with Crippen molar-refractivity contribution >= 4 is 5.82 Å². The topological polar surface area (TPSA) is 42.3 Å². The zero-order valence-electron chi connectivity index (χ0n) is 10.9. The van der Waals surface area contributed by atoms with Crippen LogP contribution in [0.25, 0.3) is 0 Å². The number of aryl methyl sites for hydroxylation is 1. The molecule has 2 rings (SSSR count). The molecule has 0 radical (unpaired) electrons. The number of nitrogens with one attached hydrogen (secondary N) is 1. The van der Waals surface area contributed by atoms with Crippen molar-refractivity contribution in [1.29, 1.82) is 0 Å². The fraction of sp³-hybridized carbons (Fsp3) is 0.750. The third-order valence-corrected chi connectivity index (χ3v) is 3.46. The summed E-state index contributed by atoms with van der Waals surface area (Å²) in [6, 6.07) is 1.94. The summed E-state index contributed by atoms with van der Waals surface area (Å²) in [6.45, 7) is 3.42. The van der Waals surface area contributed by atoms with Gasteiger partial charge in [0.1, 0.15) is 0 Å². The molecule has 0 saturated carbocycles. The van der Waals surface area contributed by atoms with Crippen molar-refractivity contribution in [2.24, 2.45) is 13.0 Å². The highest BCUT2D eigenvalue weighted by molar-refractivity contribution is 5.38. The quantitative estimate of drug-likeness (QED) is 0.855. The molecular weight excluding hydrogens is 216 g/mol. The van der Waals surface area contributed by atoms with Gasteiger partial charge in [-0.05, 0) is 38.9 Å². The van der Waals surface area contributed by atoms with Crippen LogP contribution >= 0.6 is 0 Å². The Labute approximate surface area is 103 Å². The molecule has 1 aliphatic heterocycles. The largest absolute Gasteiger partial charge is 0.481 e. The number of piperidine rings is 1. The van der Waals surface area contributed by atoms with Crippen molar-refractivity contribution in [3.63, 3.8) is 0 Å². The van der Waals surface area contributed by atoms with E-state index in [9.17, 15) is 0 Å². The maximum atomic E-state index is 5.19. The van der Waals surface area contributed by atoms with Crippen LogP contribution in [0, 0.1) is 5.92 Å². The Morgan fingerprint density at radius 2 is 2.12 bits per heavy atom. The number of ether oxygens (including phenoxy) is 1. The standard InChI is InChI=1S/C12H22N4O/c1-15-6-4-10(5-7-15)9-13-11-8-12(17-3)16(2)14-11/h8,10H,4-7,9H2,1-3H3,(H,13,14). The van der Waals surface area contributed by atoms with Crippen molar-refractivity contribution < 1.29 is 4.74 Å². The average Bonchev–Trinajstić information content (AvgIpc) is 2.69. The lowest BCUT2D eigenvalue weighted by Crippen LogP contribution is -2.33. The van der Waals surface area contributed by atoms with E-state index in [0.717, 1.165) is 24.2 Å². The molecule has 0 amide bonds. The molecule has 5 nitrogen and oxygen atoms in total. The highest BCUT2D eigenvalue weighted by Gasteiger charge is 2.16. The number of anilines is 1. The molecule has 0 atom stereocenters. The van der Waals surface area contributed by atoms with Gasteiger partial charge in [-0.2, -0.15) is 5.10 Å². The first-order valence-electron chi connectivity index (χ1n) is 6.19. The van der Waals surface area contributed by atoms with Crippen LogP contribution in [0.4, 0.5) is 5.82 Å². The number of aromatic nitrogens is 2. The first-order valence-corrected chi connectivity index (χ1v) is 6.19. The number of nitrogens with zero attached hydrogens (tertiary/aromatic N) is 3. The van der Waals surface area contributed by atoms with E-state index in [-0.39, 0.29) is 0 Å². The van der Waals surface area contributed by atoms with Gasteiger partial charge in [0.25, 0.3) is 0 Å². The molecule has 1 aliphatic rings. The number of methoxy groups -OCH3 is 1. The lowest BCUT2D eigenvalue weighted by molar-refractivity contribution is 0.226. The molecule has 1 aromatic rings. The smallest absolute Gasteiger partial charge is 0.213 e. The maximum Gasteiger partial charge on any atom is 0.213 e. The van der Waals surface area contributed by atoms with E-state index < -0.39 is 0 Å². The number of hydrogen-bond donors (Lipinski definition) is 1. The Kier molecular flexibility index (Phi) is 3.89. The van der Waals surface area contributed by atoms with Crippen LogP contribution in [0.15, 0.2) is 6.07 Å². The summed E-state index contributed by atoms with van der Waals surface area (Å²) in [7, 11) is 5.74. The molecule has 0 aromatic carbocycles. The summed E-state index contributed by atoms with van der Waals surface area (Å²) >= 11 is 0. The van der Waals surface area contributed by atoms with E-state index in [0.29, 0.717) is 0 Å². The molecule has 1 aromatic heterocycles. The summed E-state index contributed by atoms with van der Waals surface area (Å²) in [6.07, 6.45) is 2.54. The predicted octanol–water partition coefficient (Wildman–Crippen LogP) is 1.18. The van der Waals surface area contributed by atoms with Crippen LogP contribution < -0.4 is 10.1 Å². The van der Waals surface area contributed by atoms with Crippen LogP contribution in [0.5, 0.6) is 5.88 Å². The van der Waals surface area contributed by atoms with E-state index in [1.807, 2.05) is 13.1 Å². The van der Waals surface area contributed by atoms with Gasteiger partial charge in [-0.25, -0.2) is 4.68 Å². The zero-order valence-corrected chi connectivity index (χ0v) is 10.9. The van der Waals surface area contributed by atoms with E-state index >= 15 is 0 Å². The van der Waals surface area contributed by atoms with Gasteiger partial charge in [0, 0.05) is 19.7 Å². The summed E-state index contributed by atoms with van der Waals surface area (Å²) in [5.74, 6) is 2.46. The maximum absolute atomic E-state index is 5.19. The fourth-order valence-electron chi connectivity index (χ4n) is 2.24. The minimum absolute atomic E-state index is 0.763. The second-order valence-electron chi connectivity index (χ2n) is 4.82. The summed E-state index contributed by atoms with van der Waals surface area (Å²) in [4.78, 5) is 2.39. The first-order chi connectivity index (χ1) is 8.19. The molecule has 2 heterocycles. The Bertz CT molecular complexity index is 355. The number of likely N-dealkylation sites (tertiary alicyclic amines) is 1. The van der Waals surface area contributed by atoms with Gasteiger partial charge < -0.3 is 15.0 Å². The predicted molar refractivity (Wildman–Crippen MR) is 68.5 cm³/mol. The Morgan fingerprint density at radius 1 is 1.41 bits per heavy atom. The molecule has 0 aliphatic carbocycles. The van der Waals surface area contributed by atoms with Crippen molar-refractivity contribution in [2.75, 3.05) is 39.1 Å². The molecule has 1 saturated heterocycles. The minimum atomic E-state index is 0.763. The lowest BCUT2D eigenvalue weighted by Gasteiger charge is -2.28. The molecule has 1 N–H and O–H groups in total. The summed E-state index contributed by atoms with van der Waals surface area (Å²) in [5, 5.41) is 7.75. The van der Waals surface area contributed by atoms with Crippen LogP contribution in [0.1, 0.15) is 12.8 Å². The molecular formula is C12H22N4O. The Morgan fingerprint density at radius 3 is 2.71 bits per heavy atom. The van der Waals surface area contributed by atoms with E-state index in [4.69, 9.17) is 4.74 Å². The van der Waals surface area contributed by atoms with E-state index in [1.165, 1.54) is 25.9 Å². The van der Waals surface area contributed by atoms with Crippen molar-refractivity contribution in [1.82, 2.24) is 14.7 Å². The van der Waals surface area contributed by atoms with E-state index in [2.05, 4.69) is 22.4 Å². The van der Waals surface area contributed by atoms with Crippen LogP contribution in [0.2, 0.25) is 0 Å². The normalized spacial score (nSPS) is 18.3. The van der Waals surface area contributed by atoms with Crippen molar-refractivity contribution in [3.8, 4) is 5.88 Å². The molecule has 0 unspecified atom stereocenters. The monoisotopic (exact) mass is 238 g/mol. The van der Waals surface area contributed by atoms with Crippen LogP contribution in [-0.2, 0) is 7.05 Å². The summed E-state index contributed by atoms with van der Waals surface area (Å²) < 4.78 is 6.93. The van der Waals surface area contributed by atoms with Crippen molar-refractivity contribution in [3.05, 3.63) is 6.07 Å². The fourth-order valence-corrected chi connectivity index (χ4v) is 2.24. The number of rotatable bonds is 4. The molecule has 5 heteroatoms. The van der Waals surface area contributed by atoms with Gasteiger partial charge in [0.05, 0.1) is 7.11 Å². The van der Waals surface area contributed by atoms with Gasteiger partial charge in [0.2, 0.25) is 5.88 Å². The SMILES string of the molecule is COc1cc(NCC2CCN(C)CC2)nn1C. The van der Waals surface area contributed by atoms with E-state index in [1.54, 1.807) is 11.8 Å². The average molecular weight is 238 g/mol. The lowest BCUT2D eigenvalue weighted by atomic mass is 9.97. The van der Waals surface area contributed by atoms with Gasteiger partial charge in [-0.3, -0.25) is 0 Å². The Balaban J connectivity index is 1.81. The van der Waals surface area contributed by atoms with Gasteiger partial charge >= 0.3 is 0 Å². The van der Waals surface area contributed by atoms with Crippen LogP contribution in [-0.4, -0.2) is 48.5 Å².